The first-order valence-electron chi connectivity index (χ1n) is 13.1. The third-order valence-electron chi connectivity index (χ3n) is 6.44. The number of carbonyl (C=O) groups is 2. The van der Waals surface area contributed by atoms with Gasteiger partial charge in [0.25, 0.3) is 0 Å². The van der Waals surface area contributed by atoms with E-state index in [4.69, 9.17) is 10.2 Å². The predicted octanol–water partition coefficient (Wildman–Crippen LogP) is 7.41. The van der Waals surface area contributed by atoms with Crippen LogP contribution in [-0.2, 0) is 35.3 Å². The normalized spacial score (nSPS) is 10.9. The molecule has 0 bridgehead atoms. The Morgan fingerprint density at radius 3 is 1.03 bits per heavy atom. The smallest absolute Gasteiger partial charge is 0.303 e. The first-order valence-corrected chi connectivity index (χ1v) is 13.1. The van der Waals surface area contributed by atoms with Gasteiger partial charge in [-0.15, -0.1) is 0 Å². The summed E-state index contributed by atoms with van der Waals surface area (Å²) in [7, 11) is 0. The molecule has 0 aliphatic rings. The molecule has 4 heteroatoms. The molecule has 0 aliphatic heterocycles. The lowest BCUT2D eigenvalue weighted by molar-refractivity contribution is -0.138. The Bertz CT molecular complexity index is 824. The summed E-state index contributed by atoms with van der Waals surface area (Å²) >= 11 is 0. The molecule has 0 unspecified atom stereocenters. The number of aliphatic carboxylic acids is 2. The lowest BCUT2D eigenvalue weighted by Gasteiger charge is -2.06. The number of unbranched alkanes of at least 4 members (excludes halogenated alkanes) is 7. The van der Waals surface area contributed by atoms with E-state index < -0.39 is 11.9 Å². The van der Waals surface area contributed by atoms with Crippen molar-refractivity contribution < 1.29 is 19.8 Å². The Kier molecular flexibility index (Phi) is 13.7. The Morgan fingerprint density at radius 1 is 0.412 bits per heavy atom. The summed E-state index contributed by atoms with van der Waals surface area (Å²) in [5.74, 6) is -1.42. The average Bonchev–Trinajstić information content (AvgIpc) is 2.82. The van der Waals surface area contributed by atoms with Gasteiger partial charge in [-0.05, 0) is 80.0 Å². The Labute approximate surface area is 205 Å². The first-order chi connectivity index (χ1) is 16.5. The molecule has 0 heterocycles. The summed E-state index contributed by atoms with van der Waals surface area (Å²) in [5.41, 5.74) is 5.32. The highest BCUT2D eigenvalue weighted by molar-refractivity contribution is 5.66. The molecule has 0 amide bonds. The summed E-state index contributed by atoms with van der Waals surface area (Å²) in [4.78, 5) is 21.2. The minimum absolute atomic E-state index is 0.244. The van der Waals surface area contributed by atoms with Gasteiger partial charge in [0.1, 0.15) is 0 Å². The van der Waals surface area contributed by atoms with E-state index in [9.17, 15) is 9.59 Å². The molecule has 0 radical (unpaired) electrons. The number of carboxylic acids is 2. The van der Waals surface area contributed by atoms with Crippen LogP contribution in [0.2, 0.25) is 0 Å². The lowest BCUT2D eigenvalue weighted by atomic mass is 10.0. The van der Waals surface area contributed by atoms with Crippen LogP contribution >= 0.6 is 0 Å². The maximum absolute atomic E-state index is 10.6. The standard InChI is InChI=1S/C30H42O4/c31-29(32)15-9-8-13-27-19-17-25(18-20-27)11-6-4-2-1-3-5-7-12-26-21-23-28(24-22-26)14-10-16-30(33)34/h17-24H,1-16H2,(H,31,32)(H,33,34). The van der Waals surface area contributed by atoms with Gasteiger partial charge in [-0.1, -0.05) is 80.6 Å². The van der Waals surface area contributed by atoms with Gasteiger partial charge in [-0.25, -0.2) is 0 Å². The minimum Gasteiger partial charge on any atom is -0.481 e. The fourth-order valence-electron chi connectivity index (χ4n) is 4.34. The van der Waals surface area contributed by atoms with Gasteiger partial charge in [-0.3, -0.25) is 9.59 Å². The van der Waals surface area contributed by atoms with E-state index in [2.05, 4.69) is 48.5 Å². The maximum atomic E-state index is 10.6. The monoisotopic (exact) mass is 466 g/mol. The molecule has 4 nitrogen and oxygen atoms in total. The van der Waals surface area contributed by atoms with E-state index in [1.165, 1.54) is 67.2 Å². The van der Waals surface area contributed by atoms with Gasteiger partial charge < -0.3 is 10.2 Å². The molecule has 2 aromatic carbocycles. The van der Waals surface area contributed by atoms with Crippen LogP contribution in [0.15, 0.2) is 48.5 Å². The summed E-state index contributed by atoms with van der Waals surface area (Å²) in [5, 5.41) is 17.4. The second kappa shape index (κ2) is 16.9. The number of hydrogen-bond donors (Lipinski definition) is 2. The lowest BCUT2D eigenvalue weighted by Crippen LogP contribution is -1.96. The van der Waals surface area contributed by atoms with Crippen molar-refractivity contribution in [3.63, 3.8) is 0 Å². The molecule has 0 saturated heterocycles. The number of carboxylic acid groups (broad SMARTS) is 2. The van der Waals surface area contributed by atoms with Crippen LogP contribution in [0.5, 0.6) is 0 Å². The molecule has 186 valence electrons. The van der Waals surface area contributed by atoms with Crippen LogP contribution < -0.4 is 0 Å². The van der Waals surface area contributed by atoms with E-state index in [0.29, 0.717) is 6.42 Å². The van der Waals surface area contributed by atoms with Crippen LogP contribution in [0.3, 0.4) is 0 Å². The molecule has 2 N–H and O–H groups in total. The molecule has 2 rings (SSSR count). The zero-order chi connectivity index (χ0) is 24.4. The molecular weight excluding hydrogens is 424 g/mol. The van der Waals surface area contributed by atoms with Crippen LogP contribution in [0.1, 0.15) is 99.3 Å². The van der Waals surface area contributed by atoms with Gasteiger partial charge in [0.15, 0.2) is 0 Å². The Balaban J connectivity index is 1.44. The van der Waals surface area contributed by atoms with E-state index in [1.807, 2.05) is 0 Å². The van der Waals surface area contributed by atoms with E-state index in [1.54, 1.807) is 0 Å². The molecular formula is C30H42O4. The van der Waals surface area contributed by atoms with Gasteiger partial charge in [0, 0.05) is 12.8 Å². The molecule has 0 spiro atoms. The van der Waals surface area contributed by atoms with E-state index in [0.717, 1.165) is 38.5 Å². The first kappa shape index (κ1) is 27.6. The maximum Gasteiger partial charge on any atom is 0.303 e. The van der Waals surface area contributed by atoms with Crippen molar-refractivity contribution in [2.45, 2.75) is 103 Å². The Morgan fingerprint density at radius 2 is 0.676 bits per heavy atom. The van der Waals surface area contributed by atoms with Crippen molar-refractivity contribution in [1.29, 1.82) is 0 Å². The van der Waals surface area contributed by atoms with Crippen molar-refractivity contribution in [3.8, 4) is 0 Å². The quantitative estimate of drug-likeness (QED) is 0.211. The van der Waals surface area contributed by atoms with Crippen molar-refractivity contribution in [1.82, 2.24) is 0 Å². The molecule has 0 aromatic heterocycles. The second-order valence-electron chi connectivity index (χ2n) is 9.46. The van der Waals surface area contributed by atoms with Gasteiger partial charge in [-0.2, -0.15) is 0 Å². The van der Waals surface area contributed by atoms with Crippen LogP contribution in [0.4, 0.5) is 0 Å². The van der Waals surface area contributed by atoms with Crippen molar-refractivity contribution in [3.05, 3.63) is 70.8 Å². The summed E-state index contributed by atoms with van der Waals surface area (Å²) < 4.78 is 0. The molecule has 34 heavy (non-hydrogen) atoms. The van der Waals surface area contributed by atoms with Crippen LogP contribution in [0, 0.1) is 0 Å². The molecule has 0 fully saturated rings. The second-order valence-corrected chi connectivity index (χ2v) is 9.46. The Hall–Kier alpha value is -2.62. The molecule has 2 aromatic rings. The number of hydrogen-bond acceptors (Lipinski definition) is 2. The van der Waals surface area contributed by atoms with Gasteiger partial charge in [0.05, 0.1) is 0 Å². The van der Waals surface area contributed by atoms with Crippen molar-refractivity contribution >= 4 is 11.9 Å². The van der Waals surface area contributed by atoms with Crippen LogP contribution in [-0.4, -0.2) is 22.2 Å². The fraction of sp³-hybridized carbons (Fsp3) is 0.533. The van der Waals surface area contributed by atoms with E-state index in [-0.39, 0.29) is 12.8 Å². The summed E-state index contributed by atoms with van der Waals surface area (Å²) in [6.07, 6.45) is 16.0. The van der Waals surface area contributed by atoms with Crippen molar-refractivity contribution in [2.24, 2.45) is 0 Å². The molecule has 0 atom stereocenters. The number of benzene rings is 2. The summed E-state index contributed by atoms with van der Waals surface area (Å²) in [6.45, 7) is 0. The van der Waals surface area contributed by atoms with Crippen LogP contribution in [0.25, 0.3) is 0 Å². The number of rotatable bonds is 19. The third-order valence-corrected chi connectivity index (χ3v) is 6.44. The van der Waals surface area contributed by atoms with Gasteiger partial charge >= 0.3 is 11.9 Å². The fourth-order valence-corrected chi connectivity index (χ4v) is 4.34. The van der Waals surface area contributed by atoms with Crippen molar-refractivity contribution in [2.75, 3.05) is 0 Å². The zero-order valence-electron chi connectivity index (χ0n) is 20.6. The summed E-state index contributed by atoms with van der Waals surface area (Å²) in [6, 6.07) is 17.5. The average molecular weight is 467 g/mol. The zero-order valence-corrected chi connectivity index (χ0v) is 20.6. The number of aryl methyl sites for hydroxylation is 4. The van der Waals surface area contributed by atoms with Gasteiger partial charge in [0.2, 0.25) is 0 Å². The third kappa shape index (κ3) is 13.2. The highest BCUT2D eigenvalue weighted by atomic mass is 16.4. The van der Waals surface area contributed by atoms with E-state index >= 15 is 0 Å². The minimum atomic E-state index is -0.717. The highest BCUT2D eigenvalue weighted by Crippen LogP contribution is 2.15. The SMILES string of the molecule is O=C(O)CCCCc1ccc(CCCCCCCCCc2ccc(CCCC(=O)O)cc2)cc1. The largest absolute Gasteiger partial charge is 0.481 e. The topological polar surface area (TPSA) is 74.6 Å². The predicted molar refractivity (Wildman–Crippen MR) is 138 cm³/mol. The highest BCUT2D eigenvalue weighted by Gasteiger charge is 2.01. The molecule has 0 aliphatic carbocycles. The molecule has 0 saturated carbocycles.